The molecule has 0 aromatic carbocycles. The van der Waals surface area contributed by atoms with Crippen LogP contribution in [0.25, 0.3) is 0 Å². The molecule has 1 aliphatic rings. The Morgan fingerprint density at radius 1 is 1.38 bits per heavy atom. The third kappa shape index (κ3) is 2.55. The van der Waals surface area contributed by atoms with Crippen molar-refractivity contribution >= 4 is 0 Å². The fourth-order valence-corrected chi connectivity index (χ4v) is 1.32. The fraction of sp³-hybridized carbons (Fsp3) is 0.556. The van der Waals surface area contributed by atoms with Crippen molar-refractivity contribution in [3.63, 3.8) is 0 Å². The molecule has 0 amide bonds. The van der Waals surface area contributed by atoms with Crippen LogP contribution in [0, 0.1) is 0 Å². The molecule has 2 heterocycles. The number of morpholine rings is 1. The average molecular weight is 182 g/mol. The molecule has 0 atom stereocenters. The minimum atomic E-state index is 0.818. The van der Waals surface area contributed by atoms with Gasteiger partial charge in [-0.25, -0.2) is 5.01 Å². The van der Waals surface area contributed by atoms with Crippen LogP contribution in [-0.2, 0) is 11.3 Å². The van der Waals surface area contributed by atoms with Crippen LogP contribution in [0.1, 0.15) is 5.56 Å². The minimum absolute atomic E-state index is 0.818. The van der Waals surface area contributed by atoms with E-state index >= 15 is 0 Å². The van der Waals surface area contributed by atoms with E-state index < -0.39 is 0 Å². The summed E-state index contributed by atoms with van der Waals surface area (Å²) >= 11 is 0. The van der Waals surface area contributed by atoms with Gasteiger partial charge >= 0.3 is 0 Å². The summed E-state index contributed by atoms with van der Waals surface area (Å²) in [5, 5.41) is 2.18. The lowest BCUT2D eigenvalue weighted by Crippen LogP contribution is -2.45. The highest BCUT2D eigenvalue weighted by atomic mass is 16.5. The first kappa shape index (κ1) is 8.74. The monoisotopic (exact) mass is 182 g/mol. The van der Waals surface area contributed by atoms with E-state index in [1.165, 1.54) is 5.56 Å². The zero-order valence-corrected chi connectivity index (χ0v) is 7.53. The predicted octanol–water partition coefficient (Wildman–Crippen LogP) is 0.616. The molecular formula is C9H14N2O2. The second-order valence-electron chi connectivity index (χ2n) is 3.07. The topological polar surface area (TPSA) is 37.6 Å². The Balaban J connectivity index is 1.72. The number of rotatable bonds is 3. The summed E-state index contributed by atoms with van der Waals surface area (Å²) in [4.78, 5) is 0. The molecule has 1 N–H and O–H groups in total. The lowest BCUT2D eigenvalue weighted by molar-refractivity contribution is 0.0105. The molecule has 1 saturated heterocycles. The summed E-state index contributed by atoms with van der Waals surface area (Å²) in [7, 11) is 0. The van der Waals surface area contributed by atoms with Crippen molar-refractivity contribution in [1.82, 2.24) is 10.4 Å². The van der Waals surface area contributed by atoms with E-state index in [1.54, 1.807) is 12.5 Å². The van der Waals surface area contributed by atoms with Crippen LogP contribution < -0.4 is 5.43 Å². The van der Waals surface area contributed by atoms with Gasteiger partial charge in [0.1, 0.15) is 0 Å². The highest BCUT2D eigenvalue weighted by Gasteiger charge is 2.08. The Labute approximate surface area is 77.4 Å². The van der Waals surface area contributed by atoms with E-state index in [0.29, 0.717) is 0 Å². The van der Waals surface area contributed by atoms with Crippen molar-refractivity contribution in [2.45, 2.75) is 6.54 Å². The van der Waals surface area contributed by atoms with E-state index in [1.807, 2.05) is 6.07 Å². The molecule has 1 aliphatic heterocycles. The molecule has 0 aliphatic carbocycles. The Kier molecular flexibility index (Phi) is 2.97. The lowest BCUT2D eigenvalue weighted by Gasteiger charge is -2.26. The zero-order chi connectivity index (χ0) is 8.93. The van der Waals surface area contributed by atoms with Gasteiger partial charge in [0.25, 0.3) is 0 Å². The maximum atomic E-state index is 5.24. The first-order valence-corrected chi connectivity index (χ1v) is 4.52. The second kappa shape index (κ2) is 4.41. The van der Waals surface area contributed by atoms with E-state index in [2.05, 4.69) is 10.4 Å². The highest BCUT2D eigenvalue weighted by molar-refractivity contribution is 5.04. The predicted molar refractivity (Wildman–Crippen MR) is 47.9 cm³/mol. The Hall–Kier alpha value is -0.840. The van der Waals surface area contributed by atoms with Crippen LogP contribution in [0.15, 0.2) is 23.0 Å². The summed E-state index contributed by atoms with van der Waals surface area (Å²) in [6.07, 6.45) is 3.45. The third-order valence-electron chi connectivity index (χ3n) is 2.10. The Bertz CT molecular complexity index is 230. The van der Waals surface area contributed by atoms with Crippen LogP contribution in [0.5, 0.6) is 0 Å². The molecule has 13 heavy (non-hydrogen) atoms. The average Bonchev–Trinajstić information content (AvgIpc) is 2.69. The SMILES string of the molecule is c1cc(CNN2CCOCC2)co1. The van der Waals surface area contributed by atoms with Gasteiger partial charge < -0.3 is 9.15 Å². The number of nitrogens with one attached hydrogen (secondary N) is 1. The number of hydrazine groups is 1. The van der Waals surface area contributed by atoms with Crippen molar-refractivity contribution in [2.75, 3.05) is 26.3 Å². The van der Waals surface area contributed by atoms with Gasteiger partial charge in [0.15, 0.2) is 0 Å². The molecule has 72 valence electrons. The van der Waals surface area contributed by atoms with Crippen molar-refractivity contribution in [3.05, 3.63) is 24.2 Å². The minimum Gasteiger partial charge on any atom is -0.472 e. The van der Waals surface area contributed by atoms with Gasteiger partial charge in [0.2, 0.25) is 0 Å². The quantitative estimate of drug-likeness (QED) is 0.743. The summed E-state index contributed by atoms with van der Waals surface area (Å²) in [6, 6.07) is 1.97. The molecule has 0 radical (unpaired) electrons. The maximum absolute atomic E-state index is 5.24. The molecule has 0 spiro atoms. The molecule has 4 nitrogen and oxygen atoms in total. The van der Waals surface area contributed by atoms with Gasteiger partial charge in [-0.3, -0.25) is 5.43 Å². The normalized spacial score (nSPS) is 19.1. The molecule has 2 rings (SSSR count). The van der Waals surface area contributed by atoms with Gasteiger partial charge in [0.05, 0.1) is 25.7 Å². The molecule has 4 heteroatoms. The largest absolute Gasteiger partial charge is 0.472 e. The van der Waals surface area contributed by atoms with E-state index in [0.717, 1.165) is 32.8 Å². The van der Waals surface area contributed by atoms with Crippen molar-refractivity contribution in [2.24, 2.45) is 0 Å². The zero-order valence-electron chi connectivity index (χ0n) is 7.53. The van der Waals surface area contributed by atoms with E-state index in [4.69, 9.17) is 9.15 Å². The van der Waals surface area contributed by atoms with Gasteiger partial charge in [-0.2, -0.15) is 0 Å². The molecule has 1 fully saturated rings. The maximum Gasteiger partial charge on any atom is 0.0948 e. The van der Waals surface area contributed by atoms with E-state index in [9.17, 15) is 0 Å². The Morgan fingerprint density at radius 2 is 2.23 bits per heavy atom. The highest BCUT2D eigenvalue weighted by Crippen LogP contribution is 2.00. The Morgan fingerprint density at radius 3 is 2.92 bits per heavy atom. The summed E-state index contributed by atoms with van der Waals surface area (Å²) in [6.45, 7) is 4.38. The van der Waals surface area contributed by atoms with Gasteiger partial charge in [0, 0.05) is 25.2 Å². The number of hydrogen-bond acceptors (Lipinski definition) is 4. The van der Waals surface area contributed by atoms with Crippen LogP contribution in [0.4, 0.5) is 0 Å². The first-order chi connectivity index (χ1) is 6.45. The molecule has 0 unspecified atom stereocenters. The van der Waals surface area contributed by atoms with Crippen LogP contribution in [0.2, 0.25) is 0 Å². The number of hydrogen-bond donors (Lipinski definition) is 1. The summed E-state index contributed by atoms with van der Waals surface area (Å²) in [5.74, 6) is 0. The van der Waals surface area contributed by atoms with Gasteiger partial charge in [-0.05, 0) is 6.07 Å². The number of ether oxygens (including phenoxy) is 1. The summed E-state index contributed by atoms with van der Waals surface area (Å²) < 4.78 is 10.2. The molecular weight excluding hydrogens is 168 g/mol. The van der Waals surface area contributed by atoms with Crippen molar-refractivity contribution < 1.29 is 9.15 Å². The smallest absolute Gasteiger partial charge is 0.0948 e. The first-order valence-electron chi connectivity index (χ1n) is 4.52. The lowest BCUT2D eigenvalue weighted by atomic mass is 10.3. The van der Waals surface area contributed by atoms with Crippen LogP contribution in [0.3, 0.4) is 0 Å². The molecule has 0 bridgehead atoms. The molecule has 0 saturated carbocycles. The number of nitrogens with zero attached hydrogens (tertiary/aromatic N) is 1. The fourth-order valence-electron chi connectivity index (χ4n) is 1.32. The summed E-state index contributed by atoms with van der Waals surface area (Å²) in [5.41, 5.74) is 4.49. The van der Waals surface area contributed by atoms with Crippen molar-refractivity contribution in [3.8, 4) is 0 Å². The van der Waals surface area contributed by atoms with Crippen LogP contribution >= 0.6 is 0 Å². The third-order valence-corrected chi connectivity index (χ3v) is 2.10. The van der Waals surface area contributed by atoms with Gasteiger partial charge in [-0.1, -0.05) is 0 Å². The standard InChI is InChI=1S/C9H14N2O2/c1-4-13-8-9(1)7-10-11-2-5-12-6-3-11/h1,4,8,10H,2-3,5-7H2. The van der Waals surface area contributed by atoms with Crippen LogP contribution in [-0.4, -0.2) is 31.3 Å². The second-order valence-corrected chi connectivity index (χ2v) is 3.07. The number of furan rings is 1. The van der Waals surface area contributed by atoms with E-state index in [-0.39, 0.29) is 0 Å². The molecule has 1 aromatic heterocycles. The van der Waals surface area contributed by atoms with Gasteiger partial charge in [-0.15, -0.1) is 0 Å². The molecule has 1 aromatic rings. The van der Waals surface area contributed by atoms with Crippen molar-refractivity contribution in [1.29, 1.82) is 0 Å².